The summed E-state index contributed by atoms with van der Waals surface area (Å²) in [6.07, 6.45) is -2.90. The van der Waals surface area contributed by atoms with E-state index in [-0.39, 0.29) is 11.6 Å². The fraction of sp³-hybridized carbons (Fsp3) is 0.269. The molecule has 1 fully saturated rings. The fourth-order valence-electron chi connectivity index (χ4n) is 4.32. The van der Waals surface area contributed by atoms with Gasteiger partial charge in [-0.05, 0) is 55.8 Å². The number of aryl methyl sites for hydroxylation is 1. The van der Waals surface area contributed by atoms with Gasteiger partial charge in [0.2, 0.25) is 0 Å². The molecule has 0 aliphatic carbocycles. The van der Waals surface area contributed by atoms with Crippen molar-refractivity contribution in [2.75, 3.05) is 30.0 Å². The Morgan fingerprint density at radius 2 is 2.03 bits per heavy atom. The zero-order chi connectivity index (χ0) is 25.4. The highest BCUT2D eigenvalue weighted by molar-refractivity contribution is 6.04. The topological polar surface area (TPSA) is 83.1 Å². The number of H-pyrrole nitrogens is 1. The Bertz CT molecular complexity index is 1430. The predicted molar refractivity (Wildman–Crippen MR) is 131 cm³/mol. The zero-order valence-electron chi connectivity index (χ0n) is 19.7. The standard InChI is InChI=1S/C26H24F3N5O2/c1-15-6-7-19(32-25(35)17-4-3-5-18(10-17)26(27,28)29)11-20(15)21-12-22-23(31-14-30-22)24(33-21)34-8-9-36-13-16(34)2/h3-7,10-12,14,16H,8-9,13H2,1-2H3,(H,30,31)(H,32,35). The van der Waals surface area contributed by atoms with Crippen molar-refractivity contribution in [1.82, 2.24) is 15.0 Å². The summed E-state index contributed by atoms with van der Waals surface area (Å²) in [6, 6.07) is 11.7. The van der Waals surface area contributed by atoms with E-state index in [1.807, 2.05) is 19.1 Å². The van der Waals surface area contributed by atoms with Gasteiger partial charge in [0.15, 0.2) is 5.82 Å². The summed E-state index contributed by atoms with van der Waals surface area (Å²) in [7, 11) is 0. The molecule has 4 aromatic rings. The Morgan fingerprint density at radius 1 is 1.19 bits per heavy atom. The number of fused-ring (bicyclic) bond motifs is 1. The number of morpholine rings is 1. The number of nitrogens with one attached hydrogen (secondary N) is 2. The van der Waals surface area contributed by atoms with Crippen LogP contribution in [0.15, 0.2) is 54.9 Å². The summed E-state index contributed by atoms with van der Waals surface area (Å²) < 4.78 is 44.8. The Balaban J connectivity index is 1.49. The number of anilines is 2. The van der Waals surface area contributed by atoms with Crippen LogP contribution in [-0.4, -0.2) is 46.7 Å². The average Bonchev–Trinajstić information content (AvgIpc) is 3.33. The molecule has 1 atom stereocenters. The van der Waals surface area contributed by atoms with Gasteiger partial charge in [-0.1, -0.05) is 12.1 Å². The van der Waals surface area contributed by atoms with E-state index in [0.717, 1.165) is 40.1 Å². The number of imidazole rings is 1. The summed E-state index contributed by atoms with van der Waals surface area (Å²) in [5.41, 5.74) is 3.49. The number of amides is 1. The maximum atomic E-state index is 13.1. The maximum absolute atomic E-state index is 13.1. The third-order valence-electron chi connectivity index (χ3n) is 6.25. The van der Waals surface area contributed by atoms with E-state index in [9.17, 15) is 18.0 Å². The largest absolute Gasteiger partial charge is 0.416 e. The monoisotopic (exact) mass is 495 g/mol. The van der Waals surface area contributed by atoms with E-state index in [0.29, 0.717) is 31.1 Å². The number of nitrogens with zero attached hydrogens (tertiary/aromatic N) is 3. The van der Waals surface area contributed by atoms with Crippen molar-refractivity contribution in [3.8, 4) is 11.3 Å². The lowest BCUT2D eigenvalue weighted by molar-refractivity contribution is -0.137. The van der Waals surface area contributed by atoms with Gasteiger partial charge in [-0.25, -0.2) is 9.97 Å². The van der Waals surface area contributed by atoms with Crippen LogP contribution < -0.4 is 10.2 Å². The van der Waals surface area contributed by atoms with Crippen LogP contribution in [0.1, 0.15) is 28.4 Å². The van der Waals surface area contributed by atoms with Crippen LogP contribution in [-0.2, 0) is 10.9 Å². The highest BCUT2D eigenvalue weighted by Gasteiger charge is 2.31. The quantitative estimate of drug-likeness (QED) is 0.395. The van der Waals surface area contributed by atoms with Crippen LogP contribution in [0.5, 0.6) is 0 Å². The molecule has 10 heteroatoms. The molecule has 7 nitrogen and oxygen atoms in total. The second-order valence-corrected chi connectivity index (χ2v) is 8.81. The van der Waals surface area contributed by atoms with Gasteiger partial charge >= 0.3 is 6.18 Å². The first-order valence-electron chi connectivity index (χ1n) is 11.5. The first kappa shape index (κ1) is 23.8. The Labute approximate surface area is 205 Å². The number of rotatable bonds is 4. The van der Waals surface area contributed by atoms with Crippen molar-refractivity contribution in [1.29, 1.82) is 0 Å². The van der Waals surface area contributed by atoms with Crippen molar-refractivity contribution in [3.63, 3.8) is 0 Å². The number of carbonyl (C=O) groups is 1. The maximum Gasteiger partial charge on any atom is 0.416 e. The van der Waals surface area contributed by atoms with E-state index >= 15 is 0 Å². The van der Waals surface area contributed by atoms with Gasteiger partial charge in [0, 0.05) is 23.4 Å². The molecule has 1 aliphatic rings. The Hall–Kier alpha value is -3.92. The highest BCUT2D eigenvalue weighted by atomic mass is 19.4. The number of alkyl halides is 3. The molecule has 2 aromatic heterocycles. The van der Waals surface area contributed by atoms with Crippen LogP contribution in [0.25, 0.3) is 22.3 Å². The molecular formula is C26H24F3N5O2. The van der Waals surface area contributed by atoms with Crippen molar-refractivity contribution >= 4 is 28.4 Å². The lowest BCUT2D eigenvalue weighted by Gasteiger charge is -2.34. The minimum Gasteiger partial charge on any atom is -0.377 e. The number of hydrogen-bond acceptors (Lipinski definition) is 5. The number of ether oxygens (including phenoxy) is 1. The fourth-order valence-corrected chi connectivity index (χ4v) is 4.32. The van der Waals surface area contributed by atoms with E-state index in [4.69, 9.17) is 9.72 Å². The highest BCUT2D eigenvalue weighted by Crippen LogP contribution is 2.33. The SMILES string of the molecule is Cc1ccc(NC(=O)c2cccc(C(F)(F)F)c2)cc1-c1cc2[nH]cnc2c(N2CCOCC2C)n1. The third kappa shape index (κ3) is 4.64. The van der Waals surface area contributed by atoms with Crippen molar-refractivity contribution in [2.45, 2.75) is 26.1 Å². The smallest absolute Gasteiger partial charge is 0.377 e. The number of benzene rings is 2. The molecule has 0 spiro atoms. The minimum absolute atomic E-state index is 0.0763. The molecule has 3 heterocycles. The summed E-state index contributed by atoms with van der Waals surface area (Å²) in [5.74, 6) is 0.119. The molecule has 1 saturated heterocycles. The third-order valence-corrected chi connectivity index (χ3v) is 6.25. The molecule has 2 aromatic carbocycles. The van der Waals surface area contributed by atoms with Crippen molar-refractivity contribution < 1.29 is 22.7 Å². The number of aromatic nitrogens is 3. The van der Waals surface area contributed by atoms with Crippen LogP contribution in [0.2, 0.25) is 0 Å². The second kappa shape index (κ2) is 9.27. The molecule has 1 aliphatic heterocycles. The van der Waals surface area contributed by atoms with Gasteiger partial charge in [0.25, 0.3) is 5.91 Å². The van der Waals surface area contributed by atoms with Crippen LogP contribution in [0, 0.1) is 6.92 Å². The number of carbonyl (C=O) groups excluding carboxylic acids is 1. The van der Waals surface area contributed by atoms with Crippen LogP contribution in [0.3, 0.4) is 0 Å². The summed E-state index contributed by atoms with van der Waals surface area (Å²) >= 11 is 0. The lowest BCUT2D eigenvalue weighted by atomic mass is 10.0. The predicted octanol–water partition coefficient (Wildman–Crippen LogP) is 5.43. The second-order valence-electron chi connectivity index (χ2n) is 8.81. The van der Waals surface area contributed by atoms with Gasteiger partial charge in [-0.15, -0.1) is 0 Å². The van der Waals surface area contributed by atoms with E-state index in [1.165, 1.54) is 12.1 Å². The first-order valence-corrected chi connectivity index (χ1v) is 11.5. The number of pyridine rings is 1. The van der Waals surface area contributed by atoms with Gasteiger partial charge in [-0.3, -0.25) is 4.79 Å². The molecular weight excluding hydrogens is 471 g/mol. The van der Waals surface area contributed by atoms with E-state index in [2.05, 4.69) is 27.1 Å². The van der Waals surface area contributed by atoms with Gasteiger partial charge in [0.05, 0.1) is 42.4 Å². The normalized spacial score (nSPS) is 16.4. The van der Waals surface area contributed by atoms with Crippen molar-refractivity contribution in [3.05, 3.63) is 71.5 Å². The minimum atomic E-state index is -4.53. The summed E-state index contributed by atoms with van der Waals surface area (Å²) in [4.78, 5) is 27.5. The van der Waals surface area contributed by atoms with Crippen LogP contribution in [0.4, 0.5) is 24.7 Å². The molecule has 1 amide bonds. The number of halogens is 3. The zero-order valence-corrected chi connectivity index (χ0v) is 19.7. The number of hydrogen-bond donors (Lipinski definition) is 2. The Morgan fingerprint density at radius 3 is 2.81 bits per heavy atom. The van der Waals surface area contributed by atoms with Crippen molar-refractivity contribution in [2.24, 2.45) is 0 Å². The van der Waals surface area contributed by atoms with E-state index in [1.54, 1.807) is 18.5 Å². The first-order chi connectivity index (χ1) is 17.2. The van der Waals surface area contributed by atoms with Gasteiger partial charge in [-0.2, -0.15) is 13.2 Å². The number of aromatic amines is 1. The molecule has 0 saturated carbocycles. The summed E-state index contributed by atoms with van der Waals surface area (Å²) in [5, 5.41) is 2.71. The molecule has 2 N–H and O–H groups in total. The average molecular weight is 496 g/mol. The van der Waals surface area contributed by atoms with Crippen LogP contribution >= 0.6 is 0 Å². The van der Waals surface area contributed by atoms with Gasteiger partial charge in [0.1, 0.15) is 5.52 Å². The Kier molecular flexibility index (Phi) is 6.13. The molecule has 5 rings (SSSR count). The molecule has 0 bridgehead atoms. The van der Waals surface area contributed by atoms with Gasteiger partial charge < -0.3 is 19.9 Å². The lowest BCUT2D eigenvalue weighted by Crippen LogP contribution is -2.44. The van der Waals surface area contributed by atoms with E-state index < -0.39 is 17.6 Å². The molecule has 1 unspecified atom stereocenters. The molecule has 36 heavy (non-hydrogen) atoms. The molecule has 186 valence electrons. The summed E-state index contributed by atoms with van der Waals surface area (Å²) in [6.45, 7) is 5.88. The molecule has 0 radical (unpaired) electrons.